The van der Waals surface area contributed by atoms with Crippen molar-refractivity contribution in [2.75, 3.05) is 33.9 Å². The number of carboxylic acids is 1. The van der Waals surface area contributed by atoms with E-state index >= 15 is 0 Å². The average molecular weight is 495 g/mol. The largest absolute Gasteiger partial charge is 0.492 e. The van der Waals surface area contributed by atoms with Crippen LogP contribution in [0.25, 0.3) is 22.8 Å². The first-order chi connectivity index (χ1) is 17.4. The van der Waals surface area contributed by atoms with Gasteiger partial charge in [-0.1, -0.05) is 24.9 Å². The Balaban J connectivity index is 1.55. The molecule has 36 heavy (non-hydrogen) atoms. The molecule has 0 amide bonds. The molecule has 192 valence electrons. The molecule has 3 aromatic rings. The fourth-order valence-corrected chi connectivity index (χ4v) is 4.70. The Bertz CT molecular complexity index is 1200. The number of carboxylic acid groups (broad SMARTS) is 1. The van der Waals surface area contributed by atoms with Crippen LogP contribution in [-0.2, 0) is 11.2 Å². The van der Waals surface area contributed by atoms with Gasteiger partial charge in [0.2, 0.25) is 11.7 Å². The number of methoxy groups -OCH3 is 1. The van der Waals surface area contributed by atoms with Gasteiger partial charge in [-0.2, -0.15) is 4.98 Å². The van der Waals surface area contributed by atoms with Gasteiger partial charge in [0.15, 0.2) is 0 Å². The molecule has 0 atom stereocenters. The molecule has 0 radical (unpaired) electrons. The lowest BCUT2D eigenvalue weighted by Gasteiger charge is -2.18. The maximum atomic E-state index is 10.9. The van der Waals surface area contributed by atoms with Crippen molar-refractivity contribution in [1.29, 1.82) is 0 Å². The molecule has 1 N–H and O–H groups in total. The van der Waals surface area contributed by atoms with Gasteiger partial charge >= 0.3 is 5.97 Å². The van der Waals surface area contributed by atoms with Crippen LogP contribution in [-0.4, -0.2) is 65.0 Å². The van der Waals surface area contributed by atoms with Crippen LogP contribution in [0.5, 0.6) is 11.6 Å². The van der Waals surface area contributed by atoms with E-state index in [9.17, 15) is 4.79 Å². The summed E-state index contributed by atoms with van der Waals surface area (Å²) < 4.78 is 17.2. The first kappa shape index (κ1) is 25.6. The Morgan fingerprint density at radius 3 is 2.64 bits per heavy atom. The summed E-state index contributed by atoms with van der Waals surface area (Å²) in [4.78, 5) is 21.9. The van der Waals surface area contributed by atoms with Crippen LogP contribution < -0.4 is 9.47 Å². The van der Waals surface area contributed by atoms with Crippen molar-refractivity contribution < 1.29 is 23.9 Å². The minimum absolute atomic E-state index is 0.0209. The number of pyridine rings is 1. The third-order valence-corrected chi connectivity index (χ3v) is 6.59. The van der Waals surface area contributed by atoms with E-state index in [0.717, 1.165) is 53.0 Å². The first-order valence-corrected chi connectivity index (χ1v) is 12.4. The van der Waals surface area contributed by atoms with Crippen LogP contribution in [0.2, 0.25) is 0 Å². The molecule has 0 spiro atoms. The highest BCUT2D eigenvalue weighted by atomic mass is 16.5. The van der Waals surface area contributed by atoms with E-state index in [1.807, 2.05) is 31.2 Å². The maximum Gasteiger partial charge on any atom is 0.317 e. The number of hydrogen-bond donors (Lipinski definition) is 1. The fraction of sp³-hybridized carbons (Fsp3) is 0.481. The topological polar surface area (TPSA) is 111 Å². The first-order valence-electron chi connectivity index (χ1n) is 12.4. The molecule has 1 aliphatic rings. The van der Waals surface area contributed by atoms with Crippen LogP contribution >= 0.6 is 0 Å². The monoisotopic (exact) mass is 494 g/mol. The Morgan fingerprint density at radius 2 is 1.94 bits per heavy atom. The molecule has 1 aromatic carbocycles. The number of carbonyl (C=O) groups is 1. The molecule has 0 saturated heterocycles. The summed E-state index contributed by atoms with van der Waals surface area (Å²) in [5, 5.41) is 13.2. The Morgan fingerprint density at radius 1 is 1.17 bits per heavy atom. The van der Waals surface area contributed by atoms with E-state index in [-0.39, 0.29) is 6.54 Å². The van der Waals surface area contributed by atoms with Crippen LogP contribution in [0.4, 0.5) is 0 Å². The molecular formula is C27H34N4O5. The van der Waals surface area contributed by atoms with Crippen LogP contribution in [0, 0.1) is 6.92 Å². The van der Waals surface area contributed by atoms with Gasteiger partial charge in [-0.05, 0) is 62.6 Å². The third-order valence-electron chi connectivity index (χ3n) is 6.59. The summed E-state index contributed by atoms with van der Waals surface area (Å²) in [6.45, 7) is 4.94. The molecule has 0 unspecified atom stereocenters. The van der Waals surface area contributed by atoms with E-state index in [0.29, 0.717) is 36.7 Å². The highest BCUT2D eigenvalue weighted by Gasteiger charge is 2.22. The number of hydrogen-bond acceptors (Lipinski definition) is 8. The van der Waals surface area contributed by atoms with Gasteiger partial charge in [-0.3, -0.25) is 9.69 Å². The normalized spacial score (nSPS) is 13.9. The highest BCUT2D eigenvalue weighted by Crippen LogP contribution is 2.36. The predicted octanol–water partition coefficient (Wildman–Crippen LogP) is 4.73. The van der Waals surface area contributed by atoms with Crippen molar-refractivity contribution in [3.8, 4) is 34.5 Å². The zero-order chi connectivity index (χ0) is 25.7. The van der Waals surface area contributed by atoms with E-state index in [4.69, 9.17) is 19.1 Å². The van der Waals surface area contributed by atoms with Crippen LogP contribution in [0.1, 0.15) is 55.3 Å². The van der Waals surface area contributed by atoms with Crippen LogP contribution in [0.3, 0.4) is 0 Å². The second kappa shape index (κ2) is 11.5. The van der Waals surface area contributed by atoms with Gasteiger partial charge in [-0.25, -0.2) is 4.98 Å². The summed E-state index contributed by atoms with van der Waals surface area (Å²) in [6, 6.07) is 7.88. The van der Waals surface area contributed by atoms with Crippen molar-refractivity contribution in [2.24, 2.45) is 0 Å². The van der Waals surface area contributed by atoms with Gasteiger partial charge in [0.1, 0.15) is 12.4 Å². The Hall–Kier alpha value is -3.46. The van der Waals surface area contributed by atoms with Crippen molar-refractivity contribution >= 4 is 5.97 Å². The molecule has 9 heteroatoms. The minimum Gasteiger partial charge on any atom is -0.492 e. The molecule has 0 aliphatic heterocycles. The molecule has 1 fully saturated rings. The number of nitrogens with zero attached hydrogens (tertiary/aromatic N) is 4. The number of rotatable bonds is 11. The zero-order valence-electron chi connectivity index (χ0n) is 21.4. The fourth-order valence-electron chi connectivity index (χ4n) is 4.70. The second-order valence-corrected chi connectivity index (χ2v) is 9.34. The Kier molecular flexibility index (Phi) is 8.20. The standard InChI is InChI=1S/C27H34N4O5/c1-5-18-13-21(12-17(2)25(18)35-11-10-31(3)16-24(32)33)27-29-26(30-36-27)20-14-22(19-8-6-7-9-19)28-23(15-20)34-4/h12-15,19H,5-11,16H2,1-4H3,(H,32,33). The van der Waals surface area contributed by atoms with Gasteiger partial charge in [0.05, 0.1) is 13.7 Å². The molecule has 9 nitrogen and oxygen atoms in total. The Labute approximate surface area is 211 Å². The number of aromatic nitrogens is 3. The number of benzene rings is 1. The van der Waals surface area contributed by atoms with Crippen molar-refractivity contribution in [1.82, 2.24) is 20.0 Å². The number of likely N-dealkylation sites (N-methyl/N-ethyl adjacent to an activating group) is 1. The lowest BCUT2D eigenvalue weighted by atomic mass is 10.0. The average Bonchev–Trinajstić information content (AvgIpc) is 3.57. The molecule has 1 aliphatic carbocycles. The smallest absolute Gasteiger partial charge is 0.317 e. The van der Waals surface area contributed by atoms with E-state index in [1.165, 1.54) is 12.8 Å². The summed E-state index contributed by atoms with van der Waals surface area (Å²) in [6.07, 6.45) is 5.50. The van der Waals surface area contributed by atoms with E-state index in [2.05, 4.69) is 22.0 Å². The SMILES string of the molecule is CCc1cc(-c2nc(-c3cc(OC)nc(C4CCCC4)c3)no2)cc(C)c1OCCN(C)CC(=O)O. The number of aryl methyl sites for hydroxylation is 2. The van der Waals surface area contributed by atoms with Crippen LogP contribution in [0.15, 0.2) is 28.8 Å². The second-order valence-electron chi connectivity index (χ2n) is 9.34. The minimum atomic E-state index is -0.855. The van der Waals surface area contributed by atoms with Gasteiger partial charge < -0.3 is 19.1 Å². The molecule has 1 saturated carbocycles. The number of ether oxygens (including phenoxy) is 2. The van der Waals surface area contributed by atoms with E-state index in [1.54, 1.807) is 19.1 Å². The zero-order valence-corrected chi connectivity index (χ0v) is 21.4. The van der Waals surface area contributed by atoms with Crippen molar-refractivity contribution in [3.63, 3.8) is 0 Å². The summed E-state index contributed by atoms with van der Waals surface area (Å²) in [5.74, 6) is 1.89. The summed E-state index contributed by atoms with van der Waals surface area (Å²) in [7, 11) is 3.38. The molecular weight excluding hydrogens is 460 g/mol. The molecule has 2 heterocycles. The quantitative estimate of drug-likeness (QED) is 0.404. The van der Waals surface area contributed by atoms with Gasteiger partial charge in [0, 0.05) is 35.3 Å². The molecule has 0 bridgehead atoms. The maximum absolute atomic E-state index is 10.9. The molecule has 2 aromatic heterocycles. The van der Waals surface area contributed by atoms with Gasteiger partial charge in [0.25, 0.3) is 5.89 Å². The predicted molar refractivity (Wildman–Crippen MR) is 135 cm³/mol. The number of aliphatic carboxylic acids is 1. The summed E-state index contributed by atoms with van der Waals surface area (Å²) >= 11 is 0. The lowest BCUT2D eigenvalue weighted by molar-refractivity contribution is -0.138. The van der Waals surface area contributed by atoms with Gasteiger partial charge in [-0.15, -0.1) is 0 Å². The van der Waals surface area contributed by atoms with Crippen molar-refractivity contribution in [3.05, 3.63) is 41.1 Å². The van der Waals surface area contributed by atoms with Crippen molar-refractivity contribution in [2.45, 2.75) is 51.9 Å². The molecule has 4 rings (SSSR count). The lowest BCUT2D eigenvalue weighted by Crippen LogP contribution is -2.29. The van der Waals surface area contributed by atoms with E-state index < -0.39 is 5.97 Å². The summed E-state index contributed by atoms with van der Waals surface area (Å²) in [5.41, 5.74) is 4.67. The third kappa shape index (κ3) is 6.02. The highest BCUT2D eigenvalue weighted by molar-refractivity contribution is 5.69.